The molecule has 22 heavy (non-hydrogen) atoms. The minimum atomic E-state index is -1.56. The number of nitrogens with zero attached hydrogens (tertiary/aromatic N) is 1. The van der Waals surface area contributed by atoms with Crippen LogP contribution in [0.4, 0.5) is 11.4 Å². The van der Waals surface area contributed by atoms with E-state index in [4.69, 9.17) is 0 Å². The Balaban J connectivity index is 0.000000545. The zero-order chi connectivity index (χ0) is 16.3. The molecule has 0 bridgehead atoms. The van der Waals surface area contributed by atoms with E-state index in [0.29, 0.717) is 6.04 Å². The summed E-state index contributed by atoms with van der Waals surface area (Å²) in [5.74, 6) is 0. The molecule has 1 aliphatic heterocycles. The van der Waals surface area contributed by atoms with E-state index >= 15 is 0 Å². The van der Waals surface area contributed by atoms with Gasteiger partial charge in [0.15, 0.2) is 0 Å². The van der Waals surface area contributed by atoms with Crippen molar-refractivity contribution in [3.8, 4) is 0 Å². The van der Waals surface area contributed by atoms with Crippen molar-refractivity contribution in [3.05, 3.63) is 48.5 Å². The van der Waals surface area contributed by atoms with Crippen LogP contribution < -0.4 is 15.3 Å². The lowest BCUT2D eigenvalue weighted by atomic mass is 10.1. The van der Waals surface area contributed by atoms with E-state index in [1.54, 1.807) is 10.4 Å². The second-order valence-electron chi connectivity index (χ2n) is 6.83. The quantitative estimate of drug-likeness (QED) is 0.685. The van der Waals surface area contributed by atoms with Gasteiger partial charge in [0.25, 0.3) is 0 Å². The topological polar surface area (TPSA) is 3.24 Å². The third kappa shape index (κ3) is 2.85. The van der Waals surface area contributed by atoms with Crippen LogP contribution in [0.2, 0.25) is 13.1 Å². The maximum absolute atomic E-state index is 2.49. The molecule has 0 unspecified atom stereocenters. The Kier molecular flexibility index (Phi) is 5.12. The van der Waals surface area contributed by atoms with Crippen molar-refractivity contribution in [3.63, 3.8) is 0 Å². The second kappa shape index (κ2) is 6.70. The molecule has 0 radical (unpaired) electrons. The molecule has 2 aromatic rings. The van der Waals surface area contributed by atoms with E-state index in [2.05, 4.69) is 94.2 Å². The molecule has 1 heterocycles. The van der Waals surface area contributed by atoms with Crippen LogP contribution in [0.5, 0.6) is 0 Å². The Morgan fingerprint density at radius 1 is 0.818 bits per heavy atom. The fourth-order valence-corrected chi connectivity index (χ4v) is 6.26. The SMILES string of the molecule is CC(C)N1c2ccccc2[Si](C)(C)c2ccccc21.CCC. The molecule has 0 saturated carbocycles. The Morgan fingerprint density at radius 3 is 1.55 bits per heavy atom. The van der Waals surface area contributed by atoms with Crippen LogP contribution in [-0.4, -0.2) is 14.1 Å². The van der Waals surface area contributed by atoms with E-state index < -0.39 is 8.07 Å². The van der Waals surface area contributed by atoms with Crippen LogP contribution >= 0.6 is 0 Å². The van der Waals surface area contributed by atoms with Gasteiger partial charge in [0, 0.05) is 17.4 Å². The van der Waals surface area contributed by atoms with Crippen LogP contribution in [0.25, 0.3) is 0 Å². The average Bonchev–Trinajstić information content (AvgIpc) is 2.48. The summed E-state index contributed by atoms with van der Waals surface area (Å²) in [4.78, 5) is 2.49. The summed E-state index contributed by atoms with van der Waals surface area (Å²) in [6.45, 7) is 13.7. The first-order valence-electron chi connectivity index (χ1n) is 8.43. The summed E-state index contributed by atoms with van der Waals surface area (Å²) >= 11 is 0. The fourth-order valence-electron chi connectivity index (χ4n) is 3.26. The highest BCUT2D eigenvalue weighted by Crippen LogP contribution is 2.32. The molecule has 118 valence electrons. The number of fused-ring (bicyclic) bond motifs is 2. The highest BCUT2D eigenvalue weighted by molar-refractivity contribution is 7.02. The van der Waals surface area contributed by atoms with Crippen molar-refractivity contribution in [1.82, 2.24) is 0 Å². The van der Waals surface area contributed by atoms with E-state index in [0.717, 1.165) is 0 Å². The van der Waals surface area contributed by atoms with Gasteiger partial charge in [-0.25, -0.2) is 0 Å². The molecule has 3 rings (SSSR count). The zero-order valence-electron chi connectivity index (χ0n) is 14.9. The van der Waals surface area contributed by atoms with Crippen molar-refractivity contribution in [2.75, 3.05) is 4.90 Å². The van der Waals surface area contributed by atoms with Crippen LogP contribution in [0.1, 0.15) is 34.1 Å². The van der Waals surface area contributed by atoms with Gasteiger partial charge in [-0.1, -0.05) is 69.8 Å². The monoisotopic (exact) mass is 311 g/mol. The number of hydrogen-bond acceptors (Lipinski definition) is 1. The van der Waals surface area contributed by atoms with Crippen LogP contribution in [-0.2, 0) is 0 Å². The van der Waals surface area contributed by atoms with Crippen LogP contribution in [0.3, 0.4) is 0 Å². The smallest absolute Gasteiger partial charge is 0.117 e. The Bertz CT molecular complexity index is 582. The predicted molar refractivity (Wildman–Crippen MR) is 103 cm³/mol. The molecule has 2 heteroatoms. The Hall–Kier alpha value is -1.54. The fraction of sp³-hybridized carbons (Fsp3) is 0.400. The predicted octanol–water partition coefficient (Wildman–Crippen LogP) is 4.79. The molecule has 0 aromatic heterocycles. The number of hydrogen-bond donors (Lipinski definition) is 0. The lowest BCUT2D eigenvalue weighted by molar-refractivity contribution is 0.790. The summed E-state index contributed by atoms with van der Waals surface area (Å²) in [7, 11) is -1.56. The van der Waals surface area contributed by atoms with Crippen LogP contribution in [0, 0.1) is 0 Å². The minimum Gasteiger partial charge on any atom is -0.339 e. The zero-order valence-corrected chi connectivity index (χ0v) is 15.9. The molecule has 1 aliphatic rings. The average molecular weight is 312 g/mol. The molecule has 0 N–H and O–H groups in total. The summed E-state index contributed by atoms with van der Waals surface area (Å²) in [5, 5.41) is 3.12. The third-order valence-corrected chi connectivity index (χ3v) is 7.73. The lowest BCUT2D eigenvalue weighted by Gasteiger charge is -2.42. The van der Waals surface area contributed by atoms with Crippen molar-refractivity contribution in [2.24, 2.45) is 0 Å². The molecule has 0 saturated heterocycles. The first kappa shape index (κ1) is 16.8. The van der Waals surface area contributed by atoms with E-state index in [1.807, 2.05) is 0 Å². The Morgan fingerprint density at radius 2 is 1.18 bits per heavy atom. The van der Waals surface area contributed by atoms with Crippen molar-refractivity contribution < 1.29 is 0 Å². The van der Waals surface area contributed by atoms with Gasteiger partial charge in [-0.05, 0) is 36.4 Å². The molecule has 0 atom stereocenters. The van der Waals surface area contributed by atoms with Gasteiger partial charge < -0.3 is 4.90 Å². The molecule has 0 aliphatic carbocycles. The molecular weight excluding hydrogens is 282 g/mol. The lowest BCUT2D eigenvalue weighted by Crippen LogP contribution is -2.59. The van der Waals surface area contributed by atoms with E-state index in [1.165, 1.54) is 17.8 Å². The number of rotatable bonds is 1. The molecule has 0 spiro atoms. The molecule has 0 amide bonds. The van der Waals surface area contributed by atoms with Gasteiger partial charge in [0.05, 0.1) is 0 Å². The van der Waals surface area contributed by atoms with Gasteiger partial charge >= 0.3 is 0 Å². The second-order valence-corrected chi connectivity index (χ2v) is 11.2. The highest BCUT2D eigenvalue weighted by Gasteiger charge is 2.38. The Labute approximate surface area is 137 Å². The van der Waals surface area contributed by atoms with Gasteiger partial charge in [-0.15, -0.1) is 0 Å². The largest absolute Gasteiger partial charge is 0.339 e. The maximum atomic E-state index is 2.49. The summed E-state index contributed by atoms with van der Waals surface area (Å²) in [5.41, 5.74) is 2.82. The first-order chi connectivity index (χ1) is 10.4. The van der Waals surface area contributed by atoms with Gasteiger partial charge in [-0.3, -0.25) is 0 Å². The summed E-state index contributed by atoms with van der Waals surface area (Å²) < 4.78 is 0. The van der Waals surface area contributed by atoms with Gasteiger partial charge in [0.1, 0.15) is 8.07 Å². The maximum Gasteiger partial charge on any atom is 0.117 e. The molecular formula is C20H29NSi. The molecule has 0 fully saturated rings. The van der Waals surface area contributed by atoms with Crippen molar-refractivity contribution in [1.29, 1.82) is 0 Å². The standard InChI is InChI=1S/C17H21NSi.C3H8/c1-13(2)18-14-9-5-7-11-16(14)19(3,4)17-12-8-6-10-15(17)18;1-3-2/h5-13H,1-4H3;3H2,1-2H3. The van der Waals surface area contributed by atoms with Gasteiger partial charge in [-0.2, -0.15) is 0 Å². The normalized spacial score (nSPS) is 14.8. The minimum absolute atomic E-state index is 0.479. The first-order valence-corrected chi connectivity index (χ1v) is 11.4. The van der Waals surface area contributed by atoms with Crippen molar-refractivity contribution >= 4 is 29.8 Å². The summed E-state index contributed by atoms with van der Waals surface area (Å²) in [6, 6.07) is 18.4. The molecule has 1 nitrogen and oxygen atoms in total. The number of anilines is 2. The number of benzene rings is 2. The van der Waals surface area contributed by atoms with Crippen LogP contribution in [0.15, 0.2) is 48.5 Å². The summed E-state index contributed by atoms with van der Waals surface area (Å²) in [6.07, 6.45) is 1.25. The van der Waals surface area contributed by atoms with E-state index in [9.17, 15) is 0 Å². The number of para-hydroxylation sites is 2. The third-order valence-electron chi connectivity index (χ3n) is 4.19. The van der Waals surface area contributed by atoms with E-state index in [-0.39, 0.29) is 0 Å². The van der Waals surface area contributed by atoms with Gasteiger partial charge in [0.2, 0.25) is 0 Å². The van der Waals surface area contributed by atoms with Crippen molar-refractivity contribution in [2.45, 2.75) is 53.3 Å². The highest BCUT2D eigenvalue weighted by atomic mass is 28.3. The molecule has 2 aromatic carbocycles.